The number of aryl methyl sites for hydroxylation is 2. The van der Waals surface area contributed by atoms with Crippen molar-refractivity contribution in [3.63, 3.8) is 0 Å². The fourth-order valence-electron chi connectivity index (χ4n) is 3.08. The van der Waals surface area contributed by atoms with Crippen LogP contribution in [0.5, 0.6) is 0 Å². The fourth-order valence-corrected chi connectivity index (χ4v) is 4.30. The summed E-state index contributed by atoms with van der Waals surface area (Å²) < 4.78 is 27.2. The van der Waals surface area contributed by atoms with Crippen LogP contribution < -0.4 is 10.6 Å². The number of imidazole rings is 1. The smallest absolute Gasteiger partial charge is 0.350 e. The summed E-state index contributed by atoms with van der Waals surface area (Å²) in [6, 6.07) is 6.75. The summed E-state index contributed by atoms with van der Waals surface area (Å²) in [6.07, 6.45) is 1.64. The minimum absolute atomic E-state index is 0.277. The number of thiazole rings is 1. The molecule has 3 heterocycles. The second-order valence-electron chi connectivity index (χ2n) is 6.95. The van der Waals surface area contributed by atoms with Crippen molar-refractivity contribution in [2.24, 2.45) is 7.05 Å². The Morgan fingerprint density at radius 1 is 1.24 bits per heavy atom. The molecule has 4 aromatic rings. The van der Waals surface area contributed by atoms with Crippen molar-refractivity contribution in [1.29, 1.82) is 0 Å². The summed E-state index contributed by atoms with van der Waals surface area (Å²) in [5.41, 5.74) is 2.67. The first-order valence-corrected chi connectivity index (χ1v) is 11.8. The first kappa shape index (κ1) is 22.8. The monoisotopic (exact) mass is 487 g/mol. The van der Waals surface area contributed by atoms with E-state index in [9.17, 15) is 9.00 Å². The average molecular weight is 488 g/mol. The van der Waals surface area contributed by atoms with Crippen LogP contribution in [0.3, 0.4) is 0 Å². The minimum atomic E-state index is -2.02. The molecule has 172 valence electrons. The Balaban J connectivity index is 1.59. The zero-order valence-corrected chi connectivity index (χ0v) is 19.7. The van der Waals surface area contributed by atoms with Gasteiger partial charge >= 0.3 is 5.97 Å². The number of aromatic nitrogens is 5. The van der Waals surface area contributed by atoms with Crippen LogP contribution in [-0.4, -0.2) is 45.8 Å². The number of ether oxygens (including phenoxy) is 1. The predicted octanol–water partition coefficient (Wildman–Crippen LogP) is 3.24. The highest BCUT2D eigenvalue weighted by atomic mass is 32.2. The van der Waals surface area contributed by atoms with E-state index in [1.807, 2.05) is 11.6 Å². The van der Waals surface area contributed by atoms with Gasteiger partial charge in [-0.2, -0.15) is 9.97 Å². The molecule has 0 saturated carbocycles. The van der Waals surface area contributed by atoms with Crippen LogP contribution in [-0.2, 0) is 29.4 Å². The van der Waals surface area contributed by atoms with E-state index >= 15 is 0 Å². The van der Waals surface area contributed by atoms with Crippen molar-refractivity contribution >= 4 is 56.4 Å². The normalized spacial score (nSPS) is 12.0. The van der Waals surface area contributed by atoms with E-state index < -0.39 is 17.0 Å². The number of nitrogens with one attached hydrogen (secondary N) is 2. The largest absolute Gasteiger partial charge is 0.462 e. The minimum Gasteiger partial charge on any atom is -0.462 e. The van der Waals surface area contributed by atoms with Crippen molar-refractivity contribution in [3.05, 3.63) is 46.7 Å². The number of nitrogens with zero attached hydrogens (tertiary/aromatic N) is 5. The molecule has 3 N–H and O–H groups in total. The molecule has 1 aromatic carbocycles. The maximum atomic E-state index is 12.1. The molecule has 0 aliphatic carbocycles. The summed E-state index contributed by atoms with van der Waals surface area (Å²) in [6.45, 7) is 4.20. The van der Waals surface area contributed by atoms with Gasteiger partial charge in [-0.1, -0.05) is 23.5 Å². The van der Waals surface area contributed by atoms with Crippen molar-refractivity contribution in [1.82, 2.24) is 24.5 Å². The van der Waals surface area contributed by atoms with Gasteiger partial charge in [0.05, 0.1) is 23.5 Å². The first-order chi connectivity index (χ1) is 15.9. The van der Waals surface area contributed by atoms with Gasteiger partial charge in [-0.25, -0.2) is 19.0 Å². The molecule has 1 atom stereocenters. The van der Waals surface area contributed by atoms with Gasteiger partial charge in [-0.3, -0.25) is 5.32 Å². The third-order valence-corrected chi connectivity index (χ3v) is 6.36. The molecule has 0 fully saturated rings. The highest BCUT2D eigenvalue weighted by Crippen LogP contribution is 2.27. The molecule has 13 heteroatoms. The Hall–Kier alpha value is -3.42. The van der Waals surface area contributed by atoms with E-state index in [4.69, 9.17) is 9.29 Å². The molecule has 1 unspecified atom stereocenters. The zero-order chi connectivity index (χ0) is 23.5. The second-order valence-corrected chi connectivity index (χ2v) is 8.92. The average Bonchev–Trinajstić information content (AvgIpc) is 3.34. The Morgan fingerprint density at radius 3 is 2.70 bits per heavy atom. The lowest BCUT2D eigenvalue weighted by molar-refractivity contribution is 0.0531. The molecule has 3 aromatic heterocycles. The number of hydrogen-bond acceptors (Lipinski definition) is 10. The van der Waals surface area contributed by atoms with Crippen LogP contribution in [0.4, 0.5) is 16.9 Å². The molecular formula is C20H21N7O4S2. The molecule has 0 aliphatic heterocycles. The SMILES string of the molecule is CCOC(=O)c1sc(Nc2nc(NCc3ccc(S(=O)O)cc3)c3c(ncn3C)n2)nc1C. The third kappa shape index (κ3) is 4.99. The summed E-state index contributed by atoms with van der Waals surface area (Å²) in [5.74, 6) is 0.412. The van der Waals surface area contributed by atoms with Gasteiger partial charge in [0.25, 0.3) is 0 Å². The number of benzene rings is 1. The second kappa shape index (κ2) is 9.60. The number of carbonyl (C=O) groups excluding carboxylic acids is 1. The Bertz CT molecular complexity index is 1330. The molecule has 0 spiro atoms. The molecule has 11 nitrogen and oxygen atoms in total. The highest BCUT2D eigenvalue weighted by Gasteiger charge is 2.18. The molecule has 33 heavy (non-hydrogen) atoms. The molecular weight excluding hydrogens is 466 g/mol. The summed E-state index contributed by atoms with van der Waals surface area (Å²) in [5, 5.41) is 6.79. The maximum absolute atomic E-state index is 12.1. The van der Waals surface area contributed by atoms with Crippen molar-refractivity contribution in [2.45, 2.75) is 25.3 Å². The van der Waals surface area contributed by atoms with Crippen LogP contribution in [0.15, 0.2) is 35.5 Å². The quantitative estimate of drug-likeness (QED) is 0.250. The number of carbonyl (C=O) groups is 1. The van der Waals surface area contributed by atoms with E-state index in [1.165, 1.54) is 0 Å². The Labute approximate surface area is 195 Å². The number of rotatable bonds is 8. The van der Waals surface area contributed by atoms with Crippen LogP contribution in [0.1, 0.15) is 27.9 Å². The third-order valence-electron chi connectivity index (χ3n) is 4.63. The van der Waals surface area contributed by atoms with Gasteiger partial charge in [-0.15, -0.1) is 0 Å². The molecule has 0 radical (unpaired) electrons. The van der Waals surface area contributed by atoms with Gasteiger partial charge in [0.15, 0.2) is 27.7 Å². The lowest BCUT2D eigenvalue weighted by Crippen LogP contribution is -2.07. The standard InChI is InChI=1S/C20H21N7O4S2/c1-4-31-18(28)15-11(2)23-20(32-15)26-19-24-16(14-17(25-19)22-10-27(14)3)21-9-12-5-7-13(8-6-12)33(29)30/h5-8,10H,4,9H2,1-3H3,(H,29,30)(H2,21,23,24,25,26). The van der Waals surface area contributed by atoms with Crippen molar-refractivity contribution in [3.8, 4) is 0 Å². The van der Waals surface area contributed by atoms with Gasteiger partial charge < -0.3 is 19.2 Å². The lowest BCUT2D eigenvalue weighted by Gasteiger charge is -2.10. The van der Waals surface area contributed by atoms with Crippen molar-refractivity contribution in [2.75, 3.05) is 17.2 Å². The molecule has 0 bridgehead atoms. The number of fused-ring (bicyclic) bond motifs is 1. The molecule has 0 amide bonds. The van der Waals surface area contributed by atoms with E-state index in [1.54, 1.807) is 44.4 Å². The molecule has 4 rings (SSSR count). The van der Waals surface area contributed by atoms with Crippen LogP contribution in [0.25, 0.3) is 11.2 Å². The molecule has 0 aliphatic rings. The summed E-state index contributed by atoms with van der Waals surface area (Å²) >= 11 is -0.851. The van der Waals surface area contributed by atoms with E-state index in [0.717, 1.165) is 22.4 Å². The van der Waals surface area contributed by atoms with Crippen LogP contribution >= 0.6 is 11.3 Å². The van der Waals surface area contributed by atoms with Gasteiger partial charge in [-0.05, 0) is 31.5 Å². The molecule has 0 saturated heterocycles. The fraction of sp³-hybridized carbons (Fsp3) is 0.250. The highest BCUT2D eigenvalue weighted by molar-refractivity contribution is 7.79. The van der Waals surface area contributed by atoms with Crippen LogP contribution in [0, 0.1) is 6.92 Å². The van der Waals surface area contributed by atoms with E-state index in [-0.39, 0.29) is 12.6 Å². The summed E-state index contributed by atoms with van der Waals surface area (Å²) in [7, 11) is 1.85. The number of anilines is 3. The van der Waals surface area contributed by atoms with Crippen molar-refractivity contribution < 1.29 is 18.3 Å². The zero-order valence-electron chi connectivity index (χ0n) is 18.0. The lowest BCUT2D eigenvalue weighted by atomic mass is 10.2. The first-order valence-electron chi connectivity index (χ1n) is 9.90. The Morgan fingerprint density at radius 2 is 2.00 bits per heavy atom. The van der Waals surface area contributed by atoms with Gasteiger partial charge in [0.2, 0.25) is 5.95 Å². The van der Waals surface area contributed by atoms with Crippen LogP contribution in [0.2, 0.25) is 0 Å². The topological polar surface area (TPSA) is 144 Å². The maximum Gasteiger partial charge on any atom is 0.350 e. The number of esters is 1. The summed E-state index contributed by atoms with van der Waals surface area (Å²) in [4.78, 5) is 30.6. The number of hydrogen-bond donors (Lipinski definition) is 3. The Kier molecular flexibility index (Phi) is 6.62. The van der Waals surface area contributed by atoms with E-state index in [2.05, 4.69) is 30.6 Å². The predicted molar refractivity (Wildman–Crippen MR) is 125 cm³/mol. The van der Waals surface area contributed by atoms with Gasteiger partial charge in [0, 0.05) is 13.6 Å². The van der Waals surface area contributed by atoms with Gasteiger partial charge in [0.1, 0.15) is 10.4 Å². The van der Waals surface area contributed by atoms with E-state index in [0.29, 0.717) is 38.6 Å².